The van der Waals surface area contributed by atoms with Crippen LogP contribution >= 0.6 is 0 Å². The number of nitrogens with one attached hydrogen (secondary N) is 1. The number of aryl methyl sites for hydroxylation is 2. The van der Waals surface area contributed by atoms with E-state index in [0.29, 0.717) is 13.0 Å². The van der Waals surface area contributed by atoms with Crippen molar-refractivity contribution < 1.29 is 13.2 Å². The zero-order valence-electron chi connectivity index (χ0n) is 13.7. The maximum absolute atomic E-state index is 12.9. The Labute approximate surface area is 142 Å². The first kappa shape index (κ1) is 16.5. The molecule has 0 bridgehead atoms. The molecule has 1 fully saturated rings. The minimum Gasteiger partial charge on any atom is -0.335 e. The third-order valence-electron chi connectivity index (χ3n) is 4.19. The summed E-state index contributed by atoms with van der Waals surface area (Å²) in [5.74, 6) is 0. The largest absolute Gasteiger partial charge is 0.335 e. The van der Waals surface area contributed by atoms with Gasteiger partial charge in [-0.1, -0.05) is 47.5 Å². The van der Waals surface area contributed by atoms with Gasteiger partial charge in [0.2, 0.25) is 0 Å². The SMILES string of the molecule is Cc1ccc(CC2CNC(=O)N2S(=O)(=O)c2ccc(C)cc2)cc1. The van der Waals surface area contributed by atoms with Crippen LogP contribution in [0.3, 0.4) is 0 Å². The van der Waals surface area contributed by atoms with Crippen LogP contribution in [0.4, 0.5) is 4.79 Å². The van der Waals surface area contributed by atoms with E-state index in [9.17, 15) is 13.2 Å². The molecule has 0 spiro atoms. The van der Waals surface area contributed by atoms with Gasteiger partial charge in [0, 0.05) is 6.54 Å². The van der Waals surface area contributed by atoms with Crippen molar-refractivity contribution in [2.45, 2.75) is 31.2 Å². The fraction of sp³-hybridized carbons (Fsp3) is 0.278. The van der Waals surface area contributed by atoms with Crippen molar-refractivity contribution in [1.82, 2.24) is 9.62 Å². The fourth-order valence-corrected chi connectivity index (χ4v) is 4.34. The number of benzene rings is 2. The van der Waals surface area contributed by atoms with Crippen LogP contribution in [0.1, 0.15) is 16.7 Å². The number of hydrogen-bond acceptors (Lipinski definition) is 3. The van der Waals surface area contributed by atoms with E-state index < -0.39 is 22.1 Å². The highest BCUT2D eigenvalue weighted by molar-refractivity contribution is 7.89. The molecule has 1 aliphatic rings. The molecular formula is C18H20N2O3S. The van der Waals surface area contributed by atoms with Gasteiger partial charge in [-0.2, -0.15) is 0 Å². The number of nitrogens with zero attached hydrogens (tertiary/aromatic N) is 1. The van der Waals surface area contributed by atoms with Gasteiger partial charge in [-0.15, -0.1) is 0 Å². The minimum absolute atomic E-state index is 0.138. The van der Waals surface area contributed by atoms with Crippen molar-refractivity contribution >= 4 is 16.1 Å². The van der Waals surface area contributed by atoms with Crippen LogP contribution in [0.25, 0.3) is 0 Å². The number of urea groups is 1. The predicted octanol–water partition coefficient (Wildman–Crippen LogP) is 2.63. The summed E-state index contributed by atoms with van der Waals surface area (Å²) >= 11 is 0. The summed E-state index contributed by atoms with van der Waals surface area (Å²) in [6.07, 6.45) is 0.490. The summed E-state index contributed by atoms with van der Waals surface area (Å²) in [4.78, 5) is 12.3. The molecule has 24 heavy (non-hydrogen) atoms. The Kier molecular flexibility index (Phi) is 4.32. The van der Waals surface area contributed by atoms with Crippen LogP contribution < -0.4 is 5.32 Å². The molecule has 0 aliphatic carbocycles. The van der Waals surface area contributed by atoms with Gasteiger partial charge in [0.15, 0.2) is 0 Å². The first-order valence-electron chi connectivity index (χ1n) is 7.82. The average Bonchev–Trinajstić information content (AvgIpc) is 2.91. The molecule has 1 saturated heterocycles. The van der Waals surface area contributed by atoms with Crippen molar-refractivity contribution in [2.75, 3.05) is 6.54 Å². The van der Waals surface area contributed by atoms with E-state index in [-0.39, 0.29) is 4.90 Å². The number of hydrogen-bond donors (Lipinski definition) is 1. The van der Waals surface area contributed by atoms with Crippen molar-refractivity contribution in [3.63, 3.8) is 0 Å². The van der Waals surface area contributed by atoms with Gasteiger partial charge in [-0.05, 0) is 38.0 Å². The summed E-state index contributed by atoms with van der Waals surface area (Å²) in [7, 11) is -3.86. The Bertz CT molecular complexity index is 843. The second kappa shape index (κ2) is 6.28. The molecule has 2 aromatic carbocycles. The monoisotopic (exact) mass is 344 g/mol. The highest BCUT2D eigenvalue weighted by Crippen LogP contribution is 2.24. The Morgan fingerprint density at radius 2 is 1.54 bits per heavy atom. The van der Waals surface area contributed by atoms with Crippen molar-refractivity contribution in [3.8, 4) is 0 Å². The smallest absolute Gasteiger partial charge is 0.331 e. The van der Waals surface area contributed by atoms with E-state index in [2.05, 4.69) is 5.32 Å². The fourth-order valence-electron chi connectivity index (χ4n) is 2.81. The maximum atomic E-state index is 12.9. The molecule has 1 unspecified atom stereocenters. The molecule has 6 heteroatoms. The molecular weight excluding hydrogens is 324 g/mol. The van der Waals surface area contributed by atoms with E-state index in [1.807, 2.05) is 38.1 Å². The standard InChI is InChI=1S/C18H20N2O3S/c1-13-3-7-15(8-4-13)11-16-12-19-18(21)20(16)24(22,23)17-9-5-14(2)6-10-17/h3-10,16H,11-12H2,1-2H3,(H,19,21). The lowest BCUT2D eigenvalue weighted by molar-refractivity contribution is 0.231. The first-order valence-corrected chi connectivity index (χ1v) is 9.26. The van der Waals surface area contributed by atoms with E-state index in [0.717, 1.165) is 21.0 Å². The van der Waals surface area contributed by atoms with Gasteiger partial charge in [0.25, 0.3) is 10.0 Å². The van der Waals surface area contributed by atoms with E-state index in [1.165, 1.54) is 0 Å². The van der Waals surface area contributed by atoms with E-state index in [1.54, 1.807) is 24.3 Å². The normalized spacial score (nSPS) is 17.8. The molecule has 2 amide bonds. The molecule has 1 aliphatic heterocycles. The zero-order valence-corrected chi connectivity index (χ0v) is 14.5. The molecule has 2 aromatic rings. The molecule has 0 saturated carbocycles. The van der Waals surface area contributed by atoms with Crippen molar-refractivity contribution in [3.05, 3.63) is 65.2 Å². The molecule has 0 radical (unpaired) electrons. The Hall–Kier alpha value is -2.34. The topological polar surface area (TPSA) is 66.5 Å². The van der Waals surface area contributed by atoms with E-state index >= 15 is 0 Å². The number of rotatable bonds is 4. The highest BCUT2D eigenvalue weighted by atomic mass is 32.2. The number of amides is 2. The zero-order chi connectivity index (χ0) is 17.3. The third kappa shape index (κ3) is 3.14. The van der Waals surface area contributed by atoms with E-state index in [4.69, 9.17) is 0 Å². The van der Waals surface area contributed by atoms with Gasteiger partial charge < -0.3 is 5.32 Å². The minimum atomic E-state index is -3.86. The summed E-state index contributed by atoms with van der Waals surface area (Å²) < 4.78 is 26.7. The molecule has 126 valence electrons. The van der Waals surface area contributed by atoms with Gasteiger partial charge in [-0.25, -0.2) is 17.5 Å². The number of carbonyl (C=O) groups is 1. The van der Waals surface area contributed by atoms with Crippen LogP contribution in [-0.2, 0) is 16.4 Å². The highest BCUT2D eigenvalue weighted by Gasteiger charge is 2.40. The number of carbonyl (C=O) groups excluding carboxylic acids is 1. The second-order valence-electron chi connectivity index (χ2n) is 6.14. The first-order chi connectivity index (χ1) is 11.4. The molecule has 1 heterocycles. The van der Waals surface area contributed by atoms with Crippen LogP contribution in [-0.4, -0.2) is 31.3 Å². The predicted molar refractivity (Wildman–Crippen MR) is 92.3 cm³/mol. The van der Waals surface area contributed by atoms with Crippen LogP contribution in [0.15, 0.2) is 53.4 Å². The van der Waals surface area contributed by atoms with Crippen LogP contribution in [0.5, 0.6) is 0 Å². The Morgan fingerprint density at radius 3 is 2.12 bits per heavy atom. The molecule has 5 nitrogen and oxygen atoms in total. The van der Waals surface area contributed by atoms with Crippen molar-refractivity contribution in [1.29, 1.82) is 0 Å². The lowest BCUT2D eigenvalue weighted by atomic mass is 10.1. The molecule has 1 atom stereocenters. The summed E-state index contributed by atoms with van der Waals surface area (Å²) in [5.41, 5.74) is 3.12. The maximum Gasteiger partial charge on any atom is 0.331 e. The number of sulfonamides is 1. The Balaban J connectivity index is 1.90. The van der Waals surface area contributed by atoms with Crippen LogP contribution in [0.2, 0.25) is 0 Å². The molecule has 0 aromatic heterocycles. The van der Waals surface area contributed by atoms with Gasteiger partial charge in [0.1, 0.15) is 0 Å². The second-order valence-corrected chi connectivity index (χ2v) is 7.96. The summed E-state index contributed by atoms with van der Waals surface area (Å²) in [5, 5.41) is 2.65. The van der Waals surface area contributed by atoms with Gasteiger partial charge in [-0.3, -0.25) is 0 Å². The van der Waals surface area contributed by atoms with Gasteiger partial charge >= 0.3 is 6.03 Å². The average molecular weight is 344 g/mol. The lowest BCUT2D eigenvalue weighted by Gasteiger charge is -2.23. The summed E-state index contributed by atoms with van der Waals surface area (Å²) in [6.45, 7) is 4.20. The third-order valence-corrected chi connectivity index (χ3v) is 6.04. The molecule has 3 rings (SSSR count). The lowest BCUT2D eigenvalue weighted by Crippen LogP contribution is -2.40. The Morgan fingerprint density at radius 1 is 1.00 bits per heavy atom. The van der Waals surface area contributed by atoms with Gasteiger partial charge in [0.05, 0.1) is 10.9 Å². The molecule has 1 N–H and O–H groups in total. The summed E-state index contributed by atoms with van der Waals surface area (Å²) in [6, 6.07) is 13.5. The van der Waals surface area contributed by atoms with Crippen LogP contribution in [0, 0.1) is 13.8 Å². The van der Waals surface area contributed by atoms with Crippen molar-refractivity contribution in [2.24, 2.45) is 0 Å². The quantitative estimate of drug-likeness (QED) is 0.927.